The molecule has 1 aliphatic heterocycles. The number of nitrogens with one attached hydrogen (secondary N) is 2. The lowest BCUT2D eigenvalue weighted by Gasteiger charge is -2.32. The first-order chi connectivity index (χ1) is 11.2. The van der Waals surface area contributed by atoms with Gasteiger partial charge in [0.05, 0.1) is 19.8 Å². The number of carbonyl (C=O) groups is 1. The fourth-order valence-electron chi connectivity index (χ4n) is 2.94. The molecule has 1 aromatic rings. The van der Waals surface area contributed by atoms with Gasteiger partial charge in [0.1, 0.15) is 0 Å². The van der Waals surface area contributed by atoms with Crippen molar-refractivity contribution in [1.82, 2.24) is 10.2 Å². The van der Waals surface area contributed by atoms with Crippen LogP contribution >= 0.6 is 0 Å². The lowest BCUT2D eigenvalue weighted by atomic mass is 10.1. The molecule has 3 rings (SSSR count). The molecule has 2 aliphatic rings. The quantitative estimate of drug-likeness (QED) is 0.808. The second kappa shape index (κ2) is 7.90. The van der Waals surface area contributed by atoms with Crippen molar-refractivity contribution in [2.24, 2.45) is 5.92 Å². The standard InChI is InChI=1S/C18H27N3O2/c1-14(21-8-10-23-11-9-21)16-4-6-17(7-5-16)20-18(22)13-19-12-15-2-3-15/h4-7,14-15,19H,2-3,8-13H2,1H3,(H,20,22). The zero-order valence-electron chi connectivity index (χ0n) is 13.9. The van der Waals surface area contributed by atoms with Gasteiger partial charge in [0.15, 0.2) is 0 Å². The van der Waals surface area contributed by atoms with E-state index < -0.39 is 0 Å². The number of nitrogens with zero attached hydrogens (tertiary/aromatic N) is 1. The Bertz CT molecular complexity index is 508. The van der Waals surface area contributed by atoms with Crippen LogP contribution < -0.4 is 10.6 Å². The van der Waals surface area contributed by atoms with Gasteiger partial charge >= 0.3 is 0 Å². The molecule has 0 radical (unpaired) electrons. The molecule has 1 atom stereocenters. The highest BCUT2D eigenvalue weighted by atomic mass is 16.5. The highest BCUT2D eigenvalue weighted by molar-refractivity contribution is 5.92. The molecule has 2 fully saturated rings. The summed E-state index contributed by atoms with van der Waals surface area (Å²) in [5, 5.41) is 6.16. The summed E-state index contributed by atoms with van der Waals surface area (Å²) in [6, 6.07) is 8.57. The topological polar surface area (TPSA) is 53.6 Å². The van der Waals surface area contributed by atoms with Gasteiger partial charge in [0.25, 0.3) is 0 Å². The fourth-order valence-corrected chi connectivity index (χ4v) is 2.94. The van der Waals surface area contributed by atoms with E-state index in [1.54, 1.807) is 0 Å². The number of morpholine rings is 1. The van der Waals surface area contributed by atoms with Crippen molar-refractivity contribution in [3.8, 4) is 0 Å². The van der Waals surface area contributed by atoms with E-state index in [0.29, 0.717) is 12.6 Å². The molecule has 1 amide bonds. The van der Waals surface area contributed by atoms with Crippen LogP contribution in [-0.4, -0.2) is 50.2 Å². The first-order valence-corrected chi connectivity index (χ1v) is 8.64. The van der Waals surface area contributed by atoms with Crippen LogP contribution in [0.5, 0.6) is 0 Å². The normalized spacial score (nSPS) is 20.2. The van der Waals surface area contributed by atoms with Crippen molar-refractivity contribution in [2.45, 2.75) is 25.8 Å². The van der Waals surface area contributed by atoms with Crippen LogP contribution in [0.4, 0.5) is 5.69 Å². The lowest BCUT2D eigenvalue weighted by molar-refractivity contribution is -0.115. The molecule has 1 saturated heterocycles. The van der Waals surface area contributed by atoms with Gasteiger partial charge in [0, 0.05) is 24.8 Å². The van der Waals surface area contributed by atoms with Crippen molar-refractivity contribution in [3.63, 3.8) is 0 Å². The summed E-state index contributed by atoms with van der Waals surface area (Å²) in [7, 11) is 0. The number of amides is 1. The van der Waals surface area contributed by atoms with Gasteiger partial charge in [-0.05, 0) is 49.9 Å². The zero-order chi connectivity index (χ0) is 16.1. The second-order valence-electron chi connectivity index (χ2n) is 6.57. The number of carbonyl (C=O) groups excluding carboxylic acids is 1. The molecule has 2 N–H and O–H groups in total. The largest absolute Gasteiger partial charge is 0.379 e. The predicted octanol–water partition coefficient (Wildman–Crippen LogP) is 2.02. The van der Waals surface area contributed by atoms with Crippen LogP contribution in [0, 0.1) is 5.92 Å². The summed E-state index contributed by atoms with van der Waals surface area (Å²) >= 11 is 0. The average molecular weight is 317 g/mol. The molecule has 1 saturated carbocycles. The van der Waals surface area contributed by atoms with E-state index in [1.165, 1.54) is 18.4 Å². The van der Waals surface area contributed by atoms with E-state index in [-0.39, 0.29) is 5.91 Å². The van der Waals surface area contributed by atoms with Crippen molar-refractivity contribution < 1.29 is 9.53 Å². The number of benzene rings is 1. The Balaban J connectivity index is 1.46. The van der Waals surface area contributed by atoms with Crippen molar-refractivity contribution in [3.05, 3.63) is 29.8 Å². The Morgan fingerprint density at radius 1 is 1.26 bits per heavy atom. The second-order valence-corrected chi connectivity index (χ2v) is 6.57. The predicted molar refractivity (Wildman–Crippen MR) is 91.5 cm³/mol. The molecule has 23 heavy (non-hydrogen) atoms. The number of rotatable bonds is 7. The SMILES string of the molecule is CC(c1ccc(NC(=O)CNCC2CC2)cc1)N1CCOCC1. The fraction of sp³-hybridized carbons (Fsp3) is 0.611. The van der Waals surface area contributed by atoms with Gasteiger partial charge in [0.2, 0.25) is 5.91 Å². The maximum absolute atomic E-state index is 11.9. The summed E-state index contributed by atoms with van der Waals surface area (Å²) in [5.41, 5.74) is 2.14. The lowest BCUT2D eigenvalue weighted by Crippen LogP contribution is -2.38. The minimum Gasteiger partial charge on any atom is -0.379 e. The third-order valence-electron chi connectivity index (χ3n) is 4.69. The Morgan fingerprint density at radius 2 is 1.96 bits per heavy atom. The maximum atomic E-state index is 11.9. The molecule has 1 aliphatic carbocycles. The number of ether oxygens (including phenoxy) is 1. The van der Waals surface area contributed by atoms with E-state index in [4.69, 9.17) is 4.74 Å². The molecule has 5 nitrogen and oxygen atoms in total. The monoisotopic (exact) mass is 317 g/mol. The van der Waals surface area contributed by atoms with Gasteiger partial charge in [-0.25, -0.2) is 0 Å². The van der Waals surface area contributed by atoms with Gasteiger partial charge in [-0.3, -0.25) is 9.69 Å². The smallest absolute Gasteiger partial charge is 0.238 e. The number of hydrogen-bond donors (Lipinski definition) is 2. The molecule has 0 spiro atoms. The Labute approximate surface area is 138 Å². The molecular formula is C18H27N3O2. The first-order valence-electron chi connectivity index (χ1n) is 8.64. The zero-order valence-corrected chi connectivity index (χ0v) is 13.9. The van der Waals surface area contributed by atoms with Crippen LogP contribution in [-0.2, 0) is 9.53 Å². The van der Waals surface area contributed by atoms with E-state index in [1.807, 2.05) is 12.1 Å². The van der Waals surface area contributed by atoms with Gasteiger partial charge in [-0.1, -0.05) is 12.1 Å². The summed E-state index contributed by atoms with van der Waals surface area (Å²) in [4.78, 5) is 14.3. The van der Waals surface area contributed by atoms with E-state index in [2.05, 4.69) is 34.6 Å². The van der Waals surface area contributed by atoms with Crippen LogP contribution in [0.15, 0.2) is 24.3 Å². The minimum atomic E-state index is 0.0274. The highest BCUT2D eigenvalue weighted by Gasteiger charge is 2.21. The van der Waals surface area contributed by atoms with Gasteiger partial charge < -0.3 is 15.4 Å². The van der Waals surface area contributed by atoms with E-state index in [9.17, 15) is 4.79 Å². The maximum Gasteiger partial charge on any atom is 0.238 e. The van der Waals surface area contributed by atoms with Crippen LogP contribution in [0.25, 0.3) is 0 Å². The Morgan fingerprint density at radius 3 is 2.61 bits per heavy atom. The Hall–Kier alpha value is -1.43. The van der Waals surface area contributed by atoms with Gasteiger partial charge in [-0.15, -0.1) is 0 Å². The molecule has 1 aromatic carbocycles. The number of anilines is 1. The molecule has 0 bridgehead atoms. The minimum absolute atomic E-state index is 0.0274. The Kier molecular flexibility index (Phi) is 5.65. The summed E-state index contributed by atoms with van der Waals surface area (Å²) in [6.07, 6.45) is 2.61. The highest BCUT2D eigenvalue weighted by Crippen LogP contribution is 2.27. The first kappa shape index (κ1) is 16.4. The van der Waals surface area contributed by atoms with Crippen LogP contribution in [0.1, 0.15) is 31.4 Å². The van der Waals surface area contributed by atoms with Gasteiger partial charge in [-0.2, -0.15) is 0 Å². The summed E-state index contributed by atoms with van der Waals surface area (Å²) < 4.78 is 5.40. The van der Waals surface area contributed by atoms with Crippen molar-refractivity contribution in [2.75, 3.05) is 44.7 Å². The van der Waals surface area contributed by atoms with Crippen molar-refractivity contribution in [1.29, 1.82) is 0 Å². The molecule has 1 heterocycles. The molecule has 0 aromatic heterocycles. The summed E-state index contributed by atoms with van der Waals surface area (Å²) in [5.74, 6) is 0.823. The molecule has 1 unspecified atom stereocenters. The third-order valence-corrected chi connectivity index (χ3v) is 4.69. The van der Waals surface area contributed by atoms with Crippen molar-refractivity contribution >= 4 is 11.6 Å². The summed E-state index contributed by atoms with van der Waals surface area (Å²) in [6.45, 7) is 7.16. The van der Waals surface area contributed by atoms with E-state index >= 15 is 0 Å². The van der Waals surface area contributed by atoms with E-state index in [0.717, 1.165) is 44.5 Å². The van der Waals surface area contributed by atoms with Crippen LogP contribution in [0.3, 0.4) is 0 Å². The molecule has 126 valence electrons. The molecular weight excluding hydrogens is 290 g/mol. The third kappa shape index (κ3) is 5.03. The van der Waals surface area contributed by atoms with Crippen LogP contribution in [0.2, 0.25) is 0 Å². The number of hydrogen-bond acceptors (Lipinski definition) is 4. The average Bonchev–Trinajstić information content (AvgIpc) is 3.40. The molecule has 5 heteroatoms.